The molecule has 1 aliphatic rings. The molecule has 7 nitrogen and oxygen atoms in total. The zero-order chi connectivity index (χ0) is 17.6. The second-order valence-electron chi connectivity index (χ2n) is 5.72. The first-order chi connectivity index (χ1) is 11.9. The van der Waals surface area contributed by atoms with Crippen molar-refractivity contribution in [2.24, 2.45) is 0 Å². The third-order valence-corrected chi connectivity index (χ3v) is 4.66. The Morgan fingerprint density at radius 2 is 2.20 bits per heavy atom. The van der Waals surface area contributed by atoms with Gasteiger partial charge in [-0.25, -0.2) is 19.6 Å². The molecule has 0 aliphatic carbocycles. The quantitative estimate of drug-likeness (QED) is 0.740. The molecule has 0 amide bonds. The minimum atomic E-state index is -4.40. The molecule has 132 valence electrons. The highest BCUT2D eigenvalue weighted by Crippen LogP contribution is 2.29. The Hall–Kier alpha value is -2.27. The first-order valence-corrected chi connectivity index (χ1v) is 8.48. The SMILES string of the molecule is Cc1nc(-c2nc(C3NCCc4[nH]cnc43)n(CC(F)(F)F)n2)cs1. The van der Waals surface area contributed by atoms with Gasteiger partial charge in [-0.15, -0.1) is 16.4 Å². The summed E-state index contributed by atoms with van der Waals surface area (Å²) in [7, 11) is 0. The van der Waals surface area contributed by atoms with Crippen LogP contribution >= 0.6 is 11.3 Å². The van der Waals surface area contributed by atoms with Crippen LogP contribution in [0.5, 0.6) is 0 Å². The van der Waals surface area contributed by atoms with Crippen molar-refractivity contribution in [1.29, 1.82) is 0 Å². The van der Waals surface area contributed by atoms with Crippen molar-refractivity contribution < 1.29 is 13.2 Å². The van der Waals surface area contributed by atoms with E-state index >= 15 is 0 Å². The largest absolute Gasteiger partial charge is 0.408 e. The fraction of sp³-hybridized carbons (Fsp3) is 0.429. The van der Waals surface area contributed by atoms with E-state index in [4.69, 9.17) is 0 Å². The lowest BCUT2D eigenvalue weighted by atomic mass is 10.1. The number of aromatic amines is 1. The Bertz CT molecular complexity index is 895. The Morgan fingerprint density at radius 1 is 1.36 bits per heavy atom. The molecule has 3 aromatic heterocycles. The number of imidazole rings is 1. The molecule has 1 atom stereocenters. The van der Waals surface area contributed by atoms with Gasteiger partial charge >= 0.3 is 6.18 Å². The molecule has 0 bridgehead atoms. The molecule has 0 saturated heterocycles. The van der Waals surface area contributed by atoms with Gasteiger partial charge in [-0.3, -0.25) is 0 Å². The van der Waals surface area contributed by atoms with Crippen LogP contribution in [0.4, 0.5) is 13.2 Å². The van der Waals surface area contributed by atoms with E-state index < -0.39 is 18.8 Å². The van der Waals surface area contributed by atoms with Gasteiger partial charge in [0.05, 0.1) is 17.0 Å². The van der Waals surface area contributed by atoms with Crippen LogP contribution < -0.4 is 5.32 Å². The smallest absolute Gasteiger partial charge is 0.348 e. The second-order valence-corrected chi connectivity index (χ2v) is 6.78. The predicted octanol–water partition coefficient (Wildman–Crippen LogP) is 2.23. The van der Waals surface area contributed by atoms with Gasteiger partial charge in [-0.1, -0.05) is 0 Å². The first-order valence-electron chi connectivity index (χ1n) is 7.60. The van der Waals surface area contributed by atoms with E-state index in [1.165, 1.54) is 11.3 Å². The molecular formula is C14H14F3N7S. The molecule has 0 radical (unpaired) electrons. The lowest BCUT2D eigenvalue weighted by Crippen LogP contribution is -2.34. The molecule has 25 heavy (non-hydrogen) atoms. The third kappa shape index (κ3) is 3.16. The number of hydrogen-bond donors (Lipinski definition) is 2. The van der Waals surface area contributed by atoms with Gasteiger partial charge in [-0.2, -0.15) is 13.2 Å². The minimum absolute atomic E-state index is 0.186. The highest BCUT2D eigenvalue weighted by atomic mass is 32.1. The lowest BCUT2D eigenvalue weighted by molar-refractivity contribution is -0.143. The number of nitrogens with one attached hydrogen (secondary N) is 2. The number of hydrogen-bond acceptors (Lipinski definition) is 6. The fourth-order valence-corrected chi connectivity index (χ4v) is 3.45. The predicted molar refractivity (Wildman–Crippen MR) is 84.1 cm³/mol. The minimum Gasteiger partial charge on any atom is -0.348 e. The van der Waals surface area contributed by atoms with Gasteiger partial charge in [0.25, 0.3) is 0 Å². The van der Waals surface area contributed by atoms with Crippen LogP contribution in [0, 0.1) is 6.92 Å². The van der Waals surface area contributed by atoms with Crippen LogP contribution in [0.2, 0.25) is 0 Å². The molecule has 4 heterocycles. The topological polar surface area (TPSA) is 84.3 Å². The van der Waals surface area contributed by atoms with Crippen LogP contribution in [0.1, 0.15) is 28.3 Å². The molecule has 4 rings (SSSR count). The summed E-state index contributed by atoms with van der Waals surface area (Å²) in [6.45, 7) is 1.22. The standard InChI is InChI=1S/C14H14F3N7S/c1-7-21-9(4-25-7)12-22-13(24(23-12)5-14(15,16)17)11-10-8(2-3-18-11)19-6-20-10/h4,6,11,18H,2-3,5H2,1H3,(H,19,20). The Morgan fingerprint density at radius 3 is 2.92 bits per heavy atom. The molecular weight excluding hydrogens is 355 g/mol. The van der Waals surface area contributed by atoms with Crippen molar-refractivity contribution in [2.45, 2.75) is 32.1 Å². The van der Waals surface area contributed by atoms with Crippen molar-refractivity contribution in [2.75, 3.05) is 6.54 Å². The monoisotopic (exact) mass is 369 g/mol. The summed E-state index contributed by atoms with van der Waals surface area (Å²) < 4.78 is 39.9. The van der Waals surface area contributed by atoms with E-state index in [-0.39, 0.29) is 11.6 Å². The van der Waals surface area contributed by atoms with E-state index in [0.717, 1.165) is 21.8 Å². The molecule has 0 spiro atoms. The number of fused-ring (bicyclic) bond motifs is 1. The summed E-state index contributed by atoms with van der Waals surface area (Å²) in [5, 5.41) is 9.78. The van der Waals surface area contributed by atoms with Crippen LogP contribution in [-0.4, -0.2) is 42.4 Å². The van der Waals surface area contributed by atoms with Gasteiger partial charge in [0.1, 0.15) is 18.3 Å². The van der Waals surface area contributed by atoms with Crippen molar-refractivity contribution in [3.8, 4) is 11.5 Å². The number of H-pyrrole nitrogens is 1. The van der Waals surface area contributed by atoms with Crippen LogP contribution in [-0.2, 0) is 13.0 Å². The van der Waals surface area contributed by atoms with Crippen LogP contribution in [0.15, 0.2) is 11.7 Å². The average molecular weight is 369 g/mol. The summed E-state index contributed by atoms with van der Waals surface area (Å²) in [6.07, 6.45) is -2.13. The summed E-state index contributed by atoms with van der Waals surface area (Å²) in [4.78, 5) is 15.9. The number of thiazole rings is 1. The van der Waals surface area contributed by atoms with Gasteiger partial charge in [0.2, 0.25) is 5.82 Å². The van der Waals surface area contributed by atoms with E-state index in [1.807, 2.05) is 6.92 Å². The van der Waals surface area contributed by atoms with Gasteiger partial charge in [0.15, 0.2) is 5.82 Å². The number of aryl methyl sites for hydroxylation is 1. The number of halogens is 3. The first kappa shape index (κ1) is 16.2. The Labute approximate surface area is 144 Å². The lowest BCUT2D eigenvalue weighted by Gasteiger charge is -2.22. The van der Waals surface area contributed by atoms with E-state index in [1.54, 1.807) is 11.7 Å². The highest BCUT2D eigenvalue weighted by Gasteiger charge is 2.35. The molecule has 11 heteroatoms. The van der Waals surface area contributed by atoms with Crippen molar-refractivity contribution in [3.05, 3.63) is 33.9 Å². The normalized spacial score (nSPS) is 17.7. The summed E-state index contributed by atoms with van der Waals surface area (Å²) in [5.41, 5.74) is 2.03. The van der Waals surface area contributed by atoms with E-state index in [9.17, 15) is 13.2 Å². The molecule has 0 saturated carbocycles. The number of aromatic nitrogens is 6. The maximum Gasteiger partial charge on any atom is 0.408 e. The zero-order valence-corrected chi connectivity index (χ0v) is 13.9. The molecule has 0 fully saturated rings. The van der Waals surface area contributed by atoms with E-state index in [2.05, 4.69) is 30.4 Å². The van der Waals surface area contributed by atoms with Gasteiger partial charge in [-0.05, 0) is 6.92 Å². The number of nitrogens with zero attached hydrogens (tertiary/aromatic N) is 5. The van der Waals surface area contributed by atoms with Crippen LogP contribution in [0.25, 0.3) is 11.5 Å². The molecule has 1 aliphatic heterocycles. The maximum absolute atomic E-state index is 13.0. The average Bonchev–Trinajstić information content (AvgIpc) is 3.24. The van der Waals surface area contributed by atoms with Crippen molar-refractivity contribution in [1.82, 2.24) is 35.0 Å². The Kier molecular flexibility index (Phi) is 3.84. The zero-order valence-electron chi connectivity index (χ0n) is 13.1. The molecule has 0 aromatic carbocycles. The summed E-state index contributed by atoms with van der Waals surface area (Å²) >= 11 is 1.40. The third-order valence-electron chi connectivity index (χ3n) is 3.88. The highest BCUT2D eigenvalue weighted by molar-refractivity contribution is 7.09. The Balaban J connectivity index is 1.79. The van der Waals surface area contributed by atoms with Gasteiger partial charge < -0.3 is 10.3 Å². The van der Waals surface area contributed by atoms with Gasteiger partial charge in [0, 0.05) is 24.0 Å². The number of alkyl halides is 3. The van der Waals surface area contributed by atoms with Crippen LogP contribution in [0.3, 0.4) is 0 Å². The second kappa shape index (κ2) is 5.92. The number of rotatable bonds is 3. The molecule has 3 aromatic rings. The fourth-order valence-electron chi connectivity index (χ4n) is 2.86. The maximum atomic E-state index is 13.0. The molecule has 2 N–H and O–H groups in total. The molecule has 1 unspecified atom stereocenters. The van der Waals surface area contributed by atoms with Crippen molar-refractivity contribution in [3.63, 3.8) is 0 Å². The van der Waals surface area contributed by atoms with E-state index in [0.29, 0.717) is 17.9 Å². The summed E-state index contributed by atoms with van der Waals surface area (Å²) in [6, 6.07) is -0.543. The summed E-state index contributed by atoms with van der Waals surface area (Å²) in [5.74, 6) is 0.374. The van der Waals surface area contributed by atoms with Crippen molar-refractivity contribution >= 4 is 11.3 Å².